The van der Waals surface area contributed by atoms with Crippen LogP contribution in [-0.2, 0) is 0 Å². The van der Waals surface area contributed by atoms with Gasteiger partial charge in [-0.15, -0.1) is 0 Å². The highest BCUT2D eigenvalue weighted by atomic mass is 16.1. The second-order valence-corrected chi connectivity index (χ2v) is 4.40. The standard InChI is InChI=1S/C11H14N4O/c12-7-3-4-8(6-7)15-9-2-1-5-13-10(9)14-11(15)16/h1-2,5,7-8H,3-4,6,12H2,(H,13,14,16). The molecule has 1 aliphatic carbocycles. The first-order valence-corrected chi connectivity index (χ1v) is 5.56. The summed E-state index contributed by atoms with van der Waals surface area (Å²) in [6, 6.07) is 4.21. The molecule has 0 bridgehead atoms. The second-order valence-electron chi connectivity index (χ2n) is 4.40. The van der Waals surface area contributed by atoms with Gasteiger partial charge < -0.3 is 5.73 Å². The number of pyridine rings is 1. The summed E-state index contributed by atoms with van der Waals surface area (Å²) in [6.45, 7) is 0. The van der Waals surface area contributed by atoms with E-state index < -0.39 is 0 Å². The van der Waals surface area contributed by atoms with Crippen molar-refractivity contribution in [3.05, 3.63) is 28.8 Å². The predicted molar refractivity (Wildman–Crippen MR) is 61.2 cm³/mol. The maximum atomic E-state index is 11.9. The molecule has 1 saturated carbocycles. The van der Waals surface area contributed by atoms with E-state index in [9.17, 15) is 4.79 Å². The molecule has 3 rings (SSSR count). The number of fused-ring (bicyclic) bond motifs is 1. The number of rotatable bonds is 1. The van der Waals surface area contributed by atoms with Crippen LogP contribution in [0.3, 0.4) is 0 Å². The molecule has 0 aliphatic heterocycles. The fraction of sp³-hybridized carbons (Fsp3) is 0.455. The molecule has 1 fully saturated rings. The van der Waals surface area contributed by atoms with E-state index in [0.29, 0.717) is 5.65 Å². The van der Waals surface area contributed by atoms with E-state index >= 15 is 0 Å². The summed E-state index contributed by atoms with van der Waals surface area (Å²) in [7, 11) is 0. The third-order valence-corrected chi connectivity index (χ3v) is 3.30. The molecule has 1 aliphatic rings. The van der Waals surface area contributed by atoms with E-state index in [2.05, 4.69) is 9.97 Å². The SMILES string of the molecule is NC1CCC(n2c(=O)[nH]c3ncccc32)C1. The summed E-state index contributed by atoms with van der Waals surface area (Å²) in [5.74, 6) is 0. The molecule has 0 amide bonds. The summed E-state index contributed by atoms with van der Waals surface area (Å²) < 4.78 is 1.80. The fourth-order valence-corrected chi connectivity index (χ4v) is 2.55. The summed E-state index contributed by atoms with van der Waals surface area (Å²) in [5.41, 5.74) is 7.35. The molecule has 0 radical (unpaired) electrons. The Morgan fingerprint density at radius 3 is 3.12 bits per heavy atom. The Morgan fingerprint density at radius 1 is 1.50 bits per heavy atom. The van der Waals surface area contributed by atoms with Crippen molar-refractivity contribution in [2.45, 2.75) is 31.3 Å². The molecule has 0 spiro atoms. The van der Waals surface area contributed by atoms with Crippen LogP contribution in [0.15, 0.2) is 23.1 Å². The van der Waals surface area contributed by atoms with Gasteiger partial charge in [-0.1, -0.05) is 0 Å². The van der Waals surface area contributed by atoms with Crippen LogP contribution in [0.25, 0.3) is 11.2 Å². The molecular weight excluding hydrogens is 204 g/mol. The normalized spacial score (nSPS) is 25.3. The van der Waals surface area contributed by atoms with Crippen molar-refractivity contribution >= 4 is 11.2 Å². The molecule has 2 unspecified atom stereocenters. The molecule has 5 nitrogen and oxygen atoms in total. The summed E-state index contributed by atoms with van der Waals surface area (Å²) in [4.78, 5) is 18.8. The van der Waals surface area contributed by atoms with Gasteiger partial charge in [-0.05, 0) is 31.4 Å². The lowest BCUT2D eigenvalue weighted by Crippen LogP contribution is -2.22. The third kappa shape index (κ3) is 1.36. The number of aromatic nitrogens is 3. The highest BCUT2D eigenvalue weighted by Crippen LogP contribution is 2.29. The van der Waals surface area contributed by atoms with E-state index in [-0.39, 0.29) is 17.8 Å². The Labute approximate surface area is 92.3 Å². The van der Waals surface area contributed by atoms with Crippen LogP contribution >= 0.6 is 0 Å². The Kier molecular flexibility index (Phi) is 2.07. The van der Waals surface area contributed by atoms with Crippen LogP contribution in [-0.4, -0.2) is 20.6 Å². The maximum absolute atomic E-state index is 11.9. The number of hydrogen-bond donors (Lipinski definition) is 2. The van der Waals surface area contributed by atoms with Crippen molar-refractivity contribution in [1.82, 2.24) is 14.5 Å². The Balaban J connectivity index is 2.15. The number of nitrogens with two attached hydrogens (primary N) is 1. The van der Waals surface area contributed by atoms with Crippen molar-refractivity contribution in [1.29, 1.82) is 0 Å². The average Bonchev–Trinajstić information content (AvgIpc) is 2.80. The second kappa shape index (κ2) is 3.45. The largest absolute Gasteiger partial charge is 0.328 e. The maximum Gasteiger partial charge on any atom is 0.327 e. The Bertz CT molecular complexity index is 571. The molecule has 5 heteroatoms. The van der Waals surface area contributed by atoms with Gasteiger partial charge in [-0.2, -0.15) is 0 Å². The number of imidazole rings is 1. The number of nitrogens with one attached hydrogen (secondary N) is 1. The van der Waals surface area contributed by atoms with Crippen LogP contribution in [0.4, 0.5) is 0 Å². The molecular formula is C11H14N4O. The minimum Gasteiger partial charge on any atom is -0.328 e. The monoisotopic (exact) mass is 218 g/mol. The minimum atomic E-state index is -0.0761. The zero-order valence-electron chi connectivity index (χ0n) is 8.89. The quantitative estimate of drug-likeness (QED) is 0.742. The van der Waals surface area contributed by atoms with E-state index in [0.717, 1.165) is 24.8 Å². The number of H-pyrrole nitrogens is 1. The molecule has 3 N–H and O–H groups in total. The molecule has 2 aromatic rings. The smallest absolute Gasteiger partial charge is 0.327 e. The van der Waals surface area contributed by atoms with Gasteiger partial charge in [0.1, 0.15) is 0 Å². The van der Waals surface area contributed by atoms with Crippen LogP contribution in [0, 0.1) is 0 Å². The van der Waals surface area contributed by atoms with Gasteiger partial charge in [-0.25, -0.2) is 9.78 Å². The molecule has 0 aromatic carbocycles. The molecule has 84 valence electrons. The topological polar surface area (TPSA) is 76.7 Å². The van der Waals surface area contributed by atoms with Gasteiger partial charge in [0.15, 0.2) is 5.65 Å². The Hall–Kier alpha value is -1.62. The minimum absolute atomic E-state index is 0.0761. The average molecular weight is 218 g/mol. The molecule has 2 aromatic heterocycles. The molecule has 16 heavy (non-hydrogen) atoms. The van der Waals surface area contributed by atoms with E-state index in [1.54, 1.807) is 10.8 Å². The lowest BCUT2D eigenvalue weighted by molar-refractivity contribution is 0.509. The lowest BCUT2D eigenvalue weighted by atomic mass is 10.2. The lowest BCUT2D eigenvalue weighted by Gasteiger charge is -2.11. The molecule has 0 saturated heterocycles. The summed E-state index contributed by atoms with van der Waals surface area (Å²) in [6.07, 6.45) is 4.53. The van der Waals surface area contributed by atoms with Gasteiger partial charge in [0.05, 0.1) is 5.52 Å². The van der Waals surface area contributed by atoms with Crippen LogP contribution in [0.5, 0.6) is 0 Å². The number of nitrogens with zero attached hydrogens (tertiary/aromatic N) is 2. The first-order valence-electron chi connectivity index (χ1n) is 5.56. The van der Waals surface area contributed by atoms with Crippen LogP contribution in [0.1, 0.15) is 25.3 Å². The van der Waals surface area contributed by atoms with Crippen molar-refractivity contribution < 1.29 is 0 Å². The van der Waals surface area contributed by atoms with E-state index in [1.807, 2.05) is 12.1 Å². The van der Waals surface area contributed by atoms with Crippen molar-refractivity contribution in [2.24, 2.45) is 5.73 Å². The molecule has 2 heterocycles. The van der Waals surface area contributed by atoms with E-state index in [1.165, 1.54) is 0 Å². The first kappa shape index (κ1) is 9.59. The predicted octanol–water partition coefficient (Wildman–Crippen LogP) is 0.777. The summed E-state index contributed by atoms with van der Waals surface area (Å²) in [5, 5.41) is 0. The van der Waals surface area contributed by atoms with Crippen LogP contribution < -0.4 is 11.4 Å². The van der Waals surface area contributed by atoms with Gasteiger partial charge in [0, 0.05) is 18.3 Å². The van der Waals surface area contributed by atoms with Crippen molar-refractivity contribution in [3.63, 3.8) is 0 Å². The Morgan fingerprint density at radius 2 is 2.38 bits per heavy atom. The van der Waals surface area contributed by atoms with Gasteiger partial charge in [0.25, 0.3) is 0 Å². The van der Waals surface area contributed by atoms with Crippen LogP contribution in [0.2, 0.25) is 0 Å². The van der Waals surface area contributed by atoms with Crippen molar-refractivity contribution in [2.75, 3.05) is 0 Å². The van der Waals surface area contributed by atoms with Crippen molar-refractivity contribution in [3.8, 4) is 0 Å². The van der Waals surface area contributed by atoms with E-state index in [4.69, 9.17) is 5.73 Å². The number of aromatic amines is 1. The fourth-order valence-electron chi connectivity index (χ4n) is 2.55. The number of hydrogen-bond acceptors (Lipinski definition) is 3. The first-order chi connectivity index (χ1) is 7.75. The zero-order valence-corrected chi connectivity index (χ0v) is 8.89. The third-order valence-electron chi connectivity index (χ3n) is 3.30. The van der Waals surface area contributed by atoms with Gasteiger partial charge in [-0.3, -0.25) is 9.55 Å². The zero-order chi connectivity index (χ0) is 11.1. The highest BCUT2D eigenvalue weighted by molar-refractivity contribution is 5.70. The highest BCUT2D eigenvalue weighted by Gasteiger charge is 2.25. The summed E-state index contributed by atoms with van der Waals surface area (Å²) >= 11 is 0. The van der Waals surface area contributed by atoms with Gasteiger partial charge in [0.2, 0.25) is 0 Å². The van der Waals surface area contributed by atoms with Gasteiger partial charge >= 0.3 is 5.69 Å². The molecule has 2 atom stereocenters.